The van der Waals surface area contributed by atoms with Gasteiger partial charge in [0.2, 0.25) is 11.8 Å². The van der Waals surface area contributed by atoms with Crippen molar-refractivity contribution in [1.29, 1.82) is 0 Å². The lowest BCUT2D eigenvalue weighted by Crippen LogP contribution is -2.41. The van der Waals surface area contributed by atoms with E-state index in [-0.39, 0.29) is 29.2 Å². The Balaban J connectivity index is 1.59. The zero-order chi connectivity index (χ0) is 17.9. The minimum Gasteiger partial charge on any atom is -0.411 e. The Hall–Kier alpha value is -1.87. The van der Waals surface area contributed by atoms with Gasteiger partial charge in [-0.25, -0.2) is 8.42 Å². The summed E-state index contributed by atoms with van der Waals surface area (Å²) >= 11 is 1.17. The first-order valence-electron chi connectivity index (χ1n) is 8.00. The highest BCUT2D eigenvalue weighted by Gasteiger charge is 2.33. The summed E-state index contributed by atoms with van der Waals surface area (Å²) < 4.78 is 28.8. The van der Waals surface area contributed by atoms with Crippen molar-refractivity contribution in [3.8, 4) is 11.5 Å². The molecule has 9 heteroatoms. The van der Waals surface area contributed by atoms with Crippen LogP contribution in [0.2, 0.25) is 0 Å². The Morgan fingerprint density at radius 1 is 1.32 bits per heavy atom. The van der Waals surface area contributed by atoms with Crippen LogP contribution in [0.4, 0.5) is 0 Å². The summed E-state index contributed by atoms with van der Waals surface area (Å²) in [5, 5.41) is 8.26. The molecule has 1 saturated heterocycles. The molecule has 0 bridgehead atoms. The summed E-state index contributed by atoms with van der Waals surface area (Å²) in [6.07, 6.45) is 0.505. The lowest BCUT2D eigenvalue weighted by atomic mass is 10.2. The van der Waals surface area contributed by atoms with Crippen molar-refractivity contribution in [3.05, 3.63) is 30.3 Å². The maximum Gasteiger partial charge on any atom is 0.277 e. The lowest BCUT2D eigenvalue weighted by Gasteiger charge is -2.26. The molecule has 1 aliphatic heterocycles. The second-order valence-electron chi connectivity index (χ2n) is 5.76. The fraction of sp³-hybridized carbons (Fsp3) is 0.438. The number of hydrogen-bond donors (Lipinski definition) is 0. The van der Waals surface area contributed by atoms with Crippen LogP contribution in [0.15, 0.2) is 40.0 Å². The molecule has 2 heterocycles. The maximum absolute atomic E-state index is 12.4. The average Bonchev–Trinajstić information content (AvgIpc) is 3.21. The molecule has 1 aliphatic rings. The van der Waals surface area contributed by atoms with Gasteiger partial charge >= 0.3 is 0 Å². The normalized spacial score (nSPS) is 19.0. The largest absolute Gasteiger partial charge is 0.411 e. The predicted molar refractivity (Wildman–Crippen MR) is 94.9 cm³/mol. The van der Waals surface area contributed by atoms with E-state index in [0.29, 0.717) is 24.1 Å². The summed E-state index contributed by atoms with van der Waals surface area (Å²) in [6.45, 7) is 2.34. The molecular formula is C16H19N3O4S2. The highest BCUT2D eigenvalue weighted by molar-refractivity contribution is 7.99. The molecule has 7 nitrogen and oxygen atoms in total. The third kappa shape index (κ3) is 4.40. The molecule has 0 aliphatic carbocycles. The van der Waals surface area contributed by atoms with E-state index >= 15 is 0 Å². The van der Waals surface area contributed by atoms with Gasteiger partial charge in [0.25, 0.3) is 5.22 Å². The number of sulfone groups is 1. The van der Waals surface area contributed by atoms with Crippen molar-refractivity contribution in [2.45, 2.75) is 24.6 Å². The molecule has 1 aromatic heterocycles. The van der Waals surface area contributed by atoms with Crippen LogP contribution < -0.4 is 0 Å². The number of carbonyl (C=O) groups is 1. The third-order valence-electron chi connectivity index (χ3n) is 4.06. The van der Waals surface area contributed by atoms with Crippen LogP contribution in [0.25, 0.3) is 11.5 Å². The third-order valence-corrected chi connectivity index (χ3v) is 6.61. The van der Waals surface area contributed by atoms with Gasteiger partial charge in [0.1, 0.15) is 0 Å². The number of nitrogens with zero attached hydrogens (tertiary/aromatic N) is 3. The van der Waals surface area contributed by atoms with Crippen molar-refractivity contribution >= 4 is 27.5 Å². The van der Waals surface area contributed by atoms with Crippen LogP contribution in [0.1, 0.15) is 13.3 Å². The van der Waals surface area contributed by atoms with E-state index in [1.807, 2.05) is 37.3 Å². The number of benzene rings is 1. The van der Waals surface area contributed by atoms with Gasteiger partial charge < -0.3 is 9.32 Å². The standard InChI is InChI=1S/C16H19N3O4S2/c1-2-19(13-8-9-25(21,22)11-13)14(20)10-24-16-18-17-15(23-16)12-6-4-3-5-7-12/h3-7,13H,2,8-11H2,1H3/t13-/m1/s1. The zero-order valence-electron chi connectivity index (χ0n) is 13.8. The van der Waals surface area contributed by atoms with Crippen LogP contribution >= 0.6 is 11.8 Å². The zero-order valence-corrected chi connectivity index (χ0v) is 15.4. The van der Waals surface area contributed by atoms with E-state index < -0.39 is 9.84 Å². The lowest BCUT2D eigenvalue weighted by molar-refractivity contribution is -0.129. The summed E-state index contributed by atoms with van der Waals surface area (Å²) in [6, 6.07) is 9.16. The van der Waals surface area contributed by atoms with Crippen molar-refractivity contribution in [2.24, 2.45) is 0 Å². The monoisotopic (exact) mass is 381 g/mol. The smallest absolute Gasteiger partial charge is 0.277 e. The topological polar surface area (TPSA) is 93.4 Å². The van der Waals surface area contributed by atoms with E-state index in [1.54, 1.807) is 4.90 Å². The van der Waals surface area contributed by atoms with Gasteiger partial charge in [-0.15, -0.1) is 10.2 Å². The molecule has 0 N–H and O–H groups in total. The van der Waals surface area contributed by atoms with E-state index in [1.165, 1.54) is 11.8 Å². The summed E-state index contributed by atoms with van der Waals surface area (Å²) in [5.74, 6) is 0.633. The molecule has 1 fully saturated rings. The predicted octanol–water partition coefficient (Wildman–Crippen LogP) is 1.86. The number of rotatable bonds is 6. The minimum absolute atomic E-state index is 0.0515. The molecular weight excluding hydrogens is 362 g/mol. The van der Waals surface area contributed by atoms with Crippen molar-refractivity contribution in [1.82, 2.24) is 15.1 Å². The molecule has 1 aromatic carbocycles. The molecule has 0 radical (unpaired) electrons. The Morgan fingerprint density at radius 2 is 2.08 bits per heavy atom. The van der Waals surface area contributed by atoms with E-state index in [4.69, 9.17) is 4.42 Å². The first-order chi connectivity index (χ1) is 12.0. The first-order valence-corrected chi connectivity index (χ1v) is 10.8. The summed E-state index contributed by atoms with van der Waals surface area (Å²) in [4.78, 5) is 14.1. The van der Waals surface area contributed by atoms with Crippen LogP contribution in [0, 0.1) is 0 Å². The molecule has 0 saturated carbocycles. The van der Waals surface area contributed by atoms with Crippen molar-refractivity contribution in [2.75, 3.05) is 23.8 Å². The van der Waals surface area contributed by atoms with Gasteiger partial charge in [0.15, 0.2) is 9.84 Å². The number of carbonyl (C=O) groups excluding carboxylic acids is 1. The van der Waals surface area contributed by atoms with Crippen LogP contribution in [0.5, 0.6) is 0 Å². The molecule has 1 atom stereocenters. The van der Waals surface area contributed by atoms with E-state index in [2.05, 4.69) is 10.2 Å². The van der Waals surface area contributed by atoms with Gasteiger partial charge in [-0.05, 0) is 25.5 Å². The maximum atomic E-state index is 12.4. The fourth-order valence-corrected chi connectivity index (χ4v) is 5.21. The Morgan fingerprint density at radius 3 is 2.72 bits per heavy atom. The quantitative estimate of drug-likeness (QED) is 0.705. The number of aromatic nitrogens is 2. The molecule has 0 spiro atoms. The van der Waals surface area contributed by atoms with Crippen LogP contribution in [-0.4, -0.2) is 59.3 Å². The summed E-state index contributed by atoms with van der Waals surface area (Å²) in [5.41, 5.74) is 0.819. The molecule has 0 unspecified atom stereocenters. The van der Waals surface area contributed by atoms with Gasteiger partial charge in [-0.1, -0.05) is 30.0 Å². The molecule has 134 valence electrons. The molecule has 2 aromatic rings. The van der Waals surface area contributed by atoms with E-state index in [9.17, 15) is 13.2 Å². The Labute approximate surface area is 150 Å². The van der Waals surface area contributed by atoms with Crippen LogP contribution in [0.3, 0.4) is 0 Å². The summed E-state index contributed by atoms with van der Waals surface area (Å²) in [7, 11) is -3.02. The highest BCUT2D eigenvalue weighted by atomic mass is 32.2. The van der Waals surface area contributed by atoms with Gasteiger partial charge in [0.05, 0.1) is 17.3 Å². The van der Waals surface area contributed by atoms with Gasteiger partial charge in [-0.3, -0.25) is 4.79 Å². The van der Waals surface area contributed by atoms with Crippen molar-refractivity contribution in [3.63, 3.8) is 0 Å². The van der Waals surface area contributed by atoms with Crippen molar-refractivity contribution < 1.29 is 17.6 Å². The van der Waals surface area contributed by atoms with Gasteiger partial charge in [0, 0.05) is 18.2 Å². The average molecular weight is 381 g/mol. The van der Waals surface area contributed by atoms with Crippen LogP contribution in [-0.2, 0) is 14.6 Å². The molecule has 3 rings (SSSR count). The van der Waals surface area contributed by atoms with E-state index in [0.717, 1.165) is 5.56 Å². The second kappa shape index (κ2) is 7.57. The number of hydrogen-bond acceptors (Lipinski definition) is 7. The molecule has 1 amide bonds. The fourth-order valence-electron chi connectivity index (χ4n) is 2.83. The van der Waals surface area contributed by atoms with Gasteiger partial charge in [-0.2, -0.15) is 0 Å². The Bertz CT molecular complexity index is 836. The Kier molecular flexibility index (Phi) is 5.43. The first kappa shape index (κ1) is 17.9. The number of amides is 1. The minimum atomic E-state index is -3.02. The molecule has 25 heavy (non-hydrogen) atoms. The second-order valence-corrected chi connectivity index (χ2v) is 8.92. The SMILES string of the molecule is CCN(C(=O)CSc1nnc(-c2ccccc2)o1)[C@@H]1CCS(=O)(=O)C1. The highest BCUT2D eigenvalue weighted by Crippen LogP contribution is 2.24. The number of thioether (sulfide) groups is 1.